The zero-order chi connectivity index (χ0) is 12.8. The molecule has 1 rings (SSSR count). The maximum atomic E-state index is 11.7. The zero-order valence-corrected chi connectivity index (χ0v) is 10.5. The highest BCUT2D eigenvalue weighted by Crippen LogP contribution is 2.12. The quantitative estimate of drug-likeness (QED) is 0.814. The molecule has 17 heavy (non-hydrogen) atoms. The van der Waals surface area contributed by atoms with Crippen molar-refractivity contribution in [2.24, 2.45) is 5.73 Å². The molecule has 0 radical (unpaired) electrons. The van der Waals surface area contributed by atoms with Crippen molar-refractivity contribution in [1.29, 1.82) is 0 Å². The van der Waals surface area contributed by atoms with Gasteiger partial charge in [0.15, 0.2) is 0 Å². The van der Waals surface area contributed by atoms with Gasteiger partial charge in [-0.1, -0.05) is 23.8 Å². The molecule has 0 heterocycles. The van der Waals surface area contributed by atoms with Crippen molar-refractivity contribution in [2.75, 3.05) is 6.54 Å². The highest BCUT2D eigenvalue weighted by Gasteiger charge is 2.08. The van der Waals surface area contributed by atoms with E-state index in [0.717, 1.165) is 11.1 Å². The Morgan fingerprint density at radius 1 is 1.12 bits per heavy atom. The van der Waals surface area contributed by atoms with Gasteiger partial charge < -0.3 is 5.73 Å². The normalized spacial score (nSPS) is 10.3. The third-order valence-corrected chi connectivity index (χ3v) is 2.80. The SMILES string of the molecule is Cc1ccc(CC(=O)CCC(=O)CN)c(C)c1. The van der Waals surface area contributed by atoms with E-state index in [1.807, 2.05) is 26.0 Å². The van der Waals surface area contributed by atoms with E-state index < -0.39 is 0 Å². The van der Waals surface area contributed by atoms with Crippen molar-refractivity contribution in [3.05, 3.63) is 34.9 Å². The molecule has 0 bridgehead atoms. The zero-order valence-electron chi connectivity index (χ0n) is 10.5. The fraction of sp³-hybridized carbons (Fsp3) is 0.429. The molecule has 1 aromatic carbocycles. The summed E-state index contributed by atoms with van der Waals surface area (Å²) in [6.07, 6.45) is 0.966. The Morgan fingerprint density at radius 2 is 1.76 bits per heavy atom. The minimum absolute atomic E-state index is 0.0246. The molecule has 0 spiro atoms. The van der Waals surface area contributed by atoms with Crippen LogP contribution in [0, 0.1) is 13.8 Å². The largest absolute Gasteiger partial charge is 0.324 e. The molecule has 0 amide bonds. The predicted octanol–water partition coefficient (Wildman–Crippen LogP) is 1.72. The lowest BCUT2D eigenvalue weighted by Gasteiger charge is -2.06. The number of nitrogens with two attached hydrogens (primary N) is 1. The van der Waals surface area contributed by atoms with Gasteiger partial charge in [-0.25, -0.2) is 0 Å². The van der Waals surface area contributed by atoms with Gasteiger partial charge in [0.25, 0.3) is 0 Å². The second kappa shape index (κ2) is 6.30. The number of ketones is 2. The van der Waals surface area contributed by atoms with Crippen molar-refractivity contribution < 1.29 is 9.59 Å². The molecular weight excluding hydrogens is 214 g/mol. The lowest BCUT2D eigenvalue weighted by molar-refractivity contribution is -0.123. The van der Waals surface area contributed by atoms with Gasteiger partial charge in [-0.05, 0) is 25.0 Å². The van der Waals surface area contributed by atoms with Gasteiger partial charge in [-0.2, -0.15) is 0 Å². The maximum Gasteiger partial charge on any atom is 0.146 e. The molecule has 0 unspecified atom stereocenters. The lowest BCUT2D eigenvalue weighted by Crippen LogP contribution is -2.15. The lowest BCUT2D eigenvalue weighted by atomic mass is 9.99. The van der Waals surface area contributed by atoms with E-state index in [-0.39, 0.29) is 24.5 Å². The van der Waals surface area contributed by atoms with Crippen LogP contribution in [0.2, 0.25) is 0 Å². The fourth-order valence-corrected chi connectivity index (χ4v) is 1.73. The second-order valence-corrected chi connectivity index (χ2v) is 4.39. The summed E-state index contributed by atoms with van der Waals surface area (Å²) < 4.78 is 0. The van der Waals surface area contributed by atoms with E-state index in [0.29, 0.717) is 12.8 Å². The van der Waals surface area contributed by atoms with Crippen LogP contribution < -0.4 is 5.73 Å². The first kappa shape index (κ1) is 13.6. The topological polar surface area (TPSA) is 60.2 Å². The molecule has 0 saturated heterocycles. The van der Waals surface area contributed by atoms with E-state index in [9.17, 15) is 9.59 Å². The van der Waals surface area contributed by atoms with Crippen LogP contribution in [0.5, 0.6) is 0 Å². The Balaban J connectivity index is 2.53. The standard InChI is InChI=1S/C14H19NO2/c1-10-3-4-12(11(2)7-10)8-13(16)5-6-14(17)9-15/h3-4,7H,5-6,8-9,15H2,1-2H3. The Hall–Kier alpha value is -1.48. The smallest absolute Gasteiger partial charge is 0.146 e. The molecule has 0 saturated carbocycles. The van der Waals surface area contributed by atoms with Gasteiger partial charge in [-0.3, -0.25) is 9.59 Å². The van der Waals surface area contributed by atoms with E-state index in [1.165, 1.54) is 5.56 Å². The van der Waals surface area contributed by atoms with Gasteiger partial charge in [0, 0.05) is 19.3 Å². The summed E-state index contributed by atoms with van der Waals surface area (Å²) in [5.41, 5.74) is 8.55. The molecule has 0 aliphatic rings. The molecule has 3 heteroatoms. The van der Waals surface area contributed by atoms with E-state index in [4.69, 9.17) is 5.73 Å². The molecule has 3 nitrogen and oxygen atoms in total. The summed E-state index contributed by atoms with van der Waals surface area (Å²) in [6, 6.07) is 6.04. The first-order valence-electron chi connectivity index (χ1n) is 5.82. The van der Waals surface area contributed by atoms with Gasteiger partial charge in [-0.15, -0.1) is 0 Å². The molecule has 2 N–H and O–H groups in total. The third kappa shape index (κ3) is 4.49. The molecule has 1 aromatic rings. The van der Waals surface area contributed by atoms with E-state index >= 15 is 0 Å². The Morgan fingerprint density at radius 3 is 2.35 bits per heavy atom. The number of hydrogen-bond donors (Lipinski definition) is 1. The Bertz CT molecular complexity index is 424. The number of rotatable bonds is 6. The summed E-state index contributed by atoms with van der Waals surface area (Å²) in [5, 5.41) is 0. The first-order valence-corrected chi connectivity index (χ1v) is 5.82. The summed E-state index contributed by atoms with van der Waals surface area (Å²) in [7, 11) is 0. The third-order valence-electron chi connectivity index (χ3n) is 2.80. The molecule has 0 aromatic heterocycles. The van der Waals surface area contributed by atoms with Crippen LogP contribution in [-0.2, 0) is 16.0 Å². The highest BCUT2D eigenvalue weighted by molar-refractivity contribution is 5.88. The van der Waals surface area contributed by atoms with Gasteiger partial charge in [0.05, 0.1) is 6.54 Å². The number of hydrogen-bond acceptors (Lipinski definition) is 3. The molecule has 0 fully saturated rings. The van der Waals surface area contributed by atoms with E-state index in [2.05, 4.69) is 6.07 Å². The van der Waals surface area contributed by atoms with Gasteiger partial charge >= 0.3 is 0 Å². The van der Waals surface area contributed by atoms with Crippen molar-refractivity contribution in [3.63, 3.8) is 0 Å². The van der Waals surface area contributed by atoms with Crippen molar-refractivity contribution >= 4 is 11.6 Å². The number of Topliss-reactive ketones (excluding diaryl/α,β-unsaturated/α-hetero) is 2. The van der Waals surface area contributed by atoms with E-state index in [1.54, 1.807) is 0 Å². The van der Waals surface area contributed by atoms with Crippen molar-refractivity contribution in [1.82, 2.24) is 0 Å². The van der Waals surface area contributed by atoms with Crippen LogP contribution in [0.25, 0.3) is 0 Å². The molecular formula is C14H19NO2. The Kier molecular flexibility index (Phi) is 5.04. The minimum Gasteiger partial charge on any atom is -0.324 e. The fourth-order valence-electron chi connectivity index (χ4n) is 1.73. The minimum atomic E-state index is -0.0565. The molecule has 0 atom stereocenters. The summed E-state index contributed by atoms with van der Waals surface area (Å²) >= 11 is 0. The first-order chi connectivity index (χ1) is 8.02. The average Bonchev–Trinajstić information content (AvgIpc) is 2.29. The monoisotopic (exact) mass is 233 g/mol. The van der Waals surface area contributed by atoms with Crippen LogP contribution in [0.1, 0.15) is 29.5 Å². The molecule has 0 aliphatic carbocycles. The number of carbonyl (C=O) groups excluding carboxylic acids is 2. The predicted molar refractivity (Wildman–Crippen MR) is 67.9 cm³/mol. The van der Waals surface area contributed by atoms with Crippen LogP contribution in [0.4, 0.5) is 0 Å². The highest BCUT2D eigenvalue weighted by atomic mass is 16.1. The molecule has 92 valence electrons. The maximum absolute atomic E-state index is 11.7. The summed E-state index contributed by atoms with van der Waals surface area (Å²) in [6.45, 7) is 4.05. The summed E-state index contributed by atoms with van der Waals surface area (Å²) in [4.78, 5) is 22.7. The number of benzene rings is 1. The molecule has 0 aliphatic heterocycles. The van der Waals surface area contributed by atoms with Crippen molar-refractivity contribution in [2.45, 2.75) is 33.1 Å². The van der Waals surface area contributed by atoms with Crippen LogP contribution in [-0.4, -0.2) is 18.1 Å². The Labute approximate surface area is 102 Å². The van der Waals surface area contributed by atoms with Crippen LogP contribution >= 0.6 is 0 Å². The van der Waals surface area contributed by atoms with Crippen molar-refractivity contribution in [3.8, 4) is 0 Å². The average molecular weight is 233 g/mol. The van der Waals surface area contributed by atoms with Gasteiger partial charge in [0.1, 0.15) is 11.6 Å². The van der Waals surface area contributed by atoms with Gasteiger partial charge in [0.2, 0.25) is 0 Å². The summed E-state index contributed by atoms with van der Waals surface area (Å²) in [5.74, 6) is 0.0396. The van der Waals surface area contributed by atoms with Crippen LogP contribution in [0.3, 0.4) is 0 Å². The second-order valence-electron chi connectivity index (χ2n) is 4.39. The number of aryl methyl sites for hydroxylation is 2. The number of carbonyl (C=O) groups is 2. The van der Waals surface area contributed by atoms with Crippen LogP contribution in [0.15, 0.2) is 18.2 Å².